The lowest BCUT2D eigenvalue weighted by Gasteiger charge is -2.27. The Balaban J connectivity index is 2.10. The minimum Gasteiger partial charge on any atom is -0.383 e. The number of hydrogen-bond donors (Lipinski definition) is 1. The fourth-order valence-corrected chi connectivity index (χ4v) is 4.30. The highest BCUT2D eigenvalue weighted by molar-refractivity contribution is 7.91. The van der Waals surface area contributed by atoms with Crippen LogP contribution in [0.25, 0.3) is 0 Å². The fourth-order valence-electron chi connectivity index (χ4n) is 2.57. The largest absolute Gasteiger partial charge is 0.383 e. The highest BCUT2D eigenvalue weighted by Crippen LogP contribution is 2.18. The highest BCUT2D eigenvalue weighted by Gasteiger charge is 2.36. The third kappa shape index (κ3) is 4.75. The lowest BCUT2D eigenvalue weighted by atomic mass is 10.2. The van der Waals surface area contributed by atoms with E-state index in [4.69, 9.17) is 4.74 Å². The monoisotopic (exact) mass is 355 g/mol. The van der Waals surface area contributed by atoms with Crippen molar-refractivity contribution in [2.45, 2.75) is 19.4 Å². The van der Waals surface area contributed by atoms with E-state index in [-0.39, 0.29) is 30.5 Å². The standard InChI is InChI=1S/C15H21N3O5S/c1-11-4-3-5-13(16-11)17-14(19)15(20)18(7-8-23-2)12-6-9-24(21,22)10-12/h3-5,12H,6-10H2,1-2H3,(H,16,17,19). The minimum atomic E-state index is -3.17. The number of aryl methyl sites for hydroxylation is 1. The molecule has 1 aliphatic rings. The quantitative estimate of drug-likeness (QED) is 0.745. The third-order valence-corrected chi connectivity index (χ3v) is 5.52. The first kappa shape index (κ1) is 18.3. The average Bonchev–Trinajstić information content (AvgIpc) is 2.87. The van der Waals surface area contributed by atoms with Gasteiger partial charge in [0.1, 0.15) is 5.82 Å². The Labute approximate surface area is 141 Å². The van der Waals surface area contributed by atoms with Gasteiger partial charge in [0, 0.05) is 25.4 Å². The molecule has 0 spiro atoms. The molecule has 2 heterocycles. The Morgan fingerprint density at radius 3 is 2.75 bits per heavy atom. The van der Waals surface area contributed by atoms with Crippen LogP contribution in [0.3, 0.4) is 0 Å². The van der Waals surface area contributed by atoms with Gasteiger partial charge in [0.2, 0.25) is 0 Å². The number of hydrogen-bond acceptors (Lipinski definition) is 6. The Kier molecular flexibility index (Phi) is 5.89. The van der Waals surface area contributed by atoms with Crippen molar-refractivity contribution < 1.29 is 22.7 Å². The summed E-state index contributed by atoms with van der Waals surface area (Å²) in [6.07, 6.45) is 0.327. The molecular weight excluding hydrogens is 334 g/mol. The van der Waals surface area contributed by atoms with Crippen LogP contribution in [0.1, 0.15) is 12.1 Å². The molecule has 1 unspecified atom stereocenters. The van der Waals surface area contributed by atoms with Crippen LogP contribution < -0.4 is 5.32 Å². The number of nitrogens with zero attached hydrogens (tertiary/aromatic N) is 2. The molecule has 9 heteroatoms. The molecule has 0 saturated carbocycles. The van der Waals surface area contributed by atoms with Crippen LogP contribution in [0, 0.1) is 6.92 Å². The molecule has 1 N–H and O–H groups in total. The third-order valence-electron chi connectivity index (χ3n) is 3.77. The van der Waals surface area contributed by atoms with Crippen molar-refractivity contribution in [3.05, 3.63) is 23.9 Å². The Bertz CT molecular complexity index is 720. The van der Waals surface area contributed by atoms with Crippen molar-refractivity contribution in [2.24, 2.45) is 0 Å². The van der Waals surface area contributed by atoms with E-state index in [1.165, 1.54) is 12.0 Å². The van der Waals surface area contributed by atoms with Crippen LogP contribution in [0.2, 0.25) is 0 Å². The second-order valence-electron chi connectivity index (χ2n) is 5.67. The van der Waals surface area contributed by atoms with Crippen LogP contribution in [-0.4, -0.2) is 67.9 Å². The summed E-state index contributed by atoms with van der Waals surface area (Å²) in [4.78, 5) is 30.1. The SMILES string of the molecule is COCCN(C(=O)C(=O)Nc1cccc(C)n1)C1CCS(=O)(=O)C1. The zero-order valence-corrected chi connectivity index (χ0v) is 14.5. The van der Waals surface area contributed by atoms with Gasteiger partial charge in [-0.2, -0.15) is 0 Å². The zero-order valence-electron chi connectivity index (χ0n) is 13.7. The zero-order chi connectivity index (χ0) is 17.7. The molecule has 0 aromatic carbocycles. The molecule has 0 radical (unpaired) electrons. The molecule has 24 heavy (non-hydrogen) atoms. The Morgan fingerprint density at radius 1 is 1.42 bits per heavy atom. The summed E-state index contributed by atoms with van der Waals surface area (Å²) in [6.45, 7) is 2.15. The normalized spacial score (nSPS) is 19.0. The summed E-state index contributed by atoms with van der Waals surface area (Å²) in [5.41, 5.74) is 0.707. The first-order valence-electron chi connectivity index (χ1n) is 7.57. The van der Waals surface area contributed by atoms with Gasteiger partial charge < -0.3 is 15.0 Å². The van der Waals surface area contributed by atoms with Gasteiger partial charge in [-0.25, -0.2) is 13.4 Å². The molecule has 2 rings (SSSR count). The highest BCUT2D eigenvalue weighted by atomic mass is 32.2. The van der Waals surface area contributed by atoms with Crippen LogP contribution >= 0.6 is 0 Å². The van der Waals surface area contributed by atoms with E-state index in [0.717, 1.165) is 0 Å². The number of sulfone groups is 1. The number of aromatic nitrogens is 1. The van der Waals surface area contributed by atoms with Gasteiger partial charge in [-0.3, -0.25) is 9.59 Å². The molecule has 132 valence electrons. The maximum atomic E-state index is 12.5. The maximum Gasteiger partial charge on any atom is 0.315 e. The number of methoxy groups -OCH3 is 1. The van der Waals surface area contributed by atoms with E-state index in [9.17, 15) is 18.0 Å². The van der Waals surface area contributed by atoms with Gasteiger partial charge in [-0.15, -0.1) is 0 Å². The second kappa shape index (κ2) is 7.71. The fraction of sp³-hybridized carbons (Fsp3) is 0.533. The first-order chi connectivity index (χ1) is 11.3. The Hall–Kier alpha value is -2.00. The van der Waals surface area contributed by atoms with E-state index in [2.05, 4.69) is 10.3 Å². The molecule has 2 amide bonds. The lowest BCUT2D eigenvalue weighted by molar-refractivity contribution is -0.145. The summed E-state index contributed by atoms with van der Waals surface area (Å²) in [6, 6.07) is 4.56. The van der Waals surface area contributed by atoms with E-state index < -0.39 is 27.7 Å². The van der Waals surface area contributed by atoms with E-state index in [0.29, 0.717) is 12.1 Å². The summed E-state index contributed by atoms with van der Waals surface area (Å²) in [7, 11) is -1.69. The number of amides is 2. The van der Waals surface area contributed by atoms with Gasteiger partial charge in [0.05, 0.1) is 18.1 Å². The molecule has 0 bridgehead atoms. The van der Waals surface area contributed by atoms with Crippen LogP contribution in [-0.2, 0) is 24.2 Å². The minimum absolute atomic E-state index is 0.0233. The van der Waals surface area contributed by atoms with E-state index in [1.807, 2.05) is 0 Å². The predicted molar refractivity (Wildman–Crippen MR) is 88.3 cm³/mol. The van der Waals surface area contributed by atoms with Gasteiger partial charge in [0.15, 0.2) is 9.84 Å². The lowest BCUT2D eigenvalue weighted by Crippen LogP contribution is -2.48. The van der Waals surface area contributed by atoms with Crippen molar-refractivity contribution in [3.63, 3.8) is 0 Å². The summed E-state index contributed by atoms with van der Waals surface area (Å²) in [5.74, 6) is -1.45. The smallest absolute Gasteiger partial charge is 0.315 e. The van der Waals surface area contributed by atoms with Crippen molar-refractivity contribution >= 4 is 27.5 Å². The number of carbonyl (C=O) groups excluding carboxylic acids is 2. The van der Waals surface area contributed by atoms with Crippen molar-refractivity contribution in [1.82, 2.24) is 9.88 Å². The van der Waals surface area contributed by atoms with Gasteiger partial charge in [-0.1, -0.05) is 6.07 Å². The van der Waals surface area contributed by atoms with Crippen molar-refractivity contribution in [1.29, 1.82) is 0 Å². The average molecular weight is 355 g/mol. The molecule has 1 atom stereocenters. The maximum absolute atomic E-state index is 12.5. The molecular formula is C15H21N3O5S. The van der Waals surface area contributed by atoms with Crippen molar-refractivity contribution in [3.8, 4) is 0 Å². The van der Waals surface area contributed by atoms with Crippen LogP contribution in [0.4, 0.5) is 5.82 Å². The molecule has 1 aromatic rings. The summed E-state index contributed by atoms with van der Waals surface area (Å²) in [5, 5.41) is 2.45. The molecule has 8 nitrogen and oxygen atoms in total. The van der Waals surface area contributed by atoms with Gasteiger partial charge >= 0.3 is 11.8 Å². The second-order valence-corrected chi connectivity index (χ2v) is 7.90. The summed E-state index contributed by atoms with van der Waals surface area (Å²) < 4.78 is 28.3. The van der Waals surface area contributed by atoms with E-state index in [1.54, 1.807) is 25.1 Å². The molecule has 1 fully saturated rings. The number of pyridine rings is 1. The number of rotatable bonds is 5. The molecule has 1 aromatic heterocycles. The molecule has 0 aliphatic carbocycles. The topological polar surface area (TPSA) is 106 Å². The number of carbonyl (C=O) groups is 2. The number of nitrogens with one attached hydrogen (secondary N) is 1. The summed E-state index contributed by atoms with van der Waals surface area (Å²) >= 11 is 0. The molecule has 1 saturated heterocycles. The van der Waals surface area contributed by atoms with Gasteiger partial charge in [0.25, 0.3) is 0 Å². The number of ether oxygens (including phenoxy) is 1. The van der Waals surface area contributed by atoms with E-state index >= 15 is 0 Å². The first-order valence-corrected chi connectivity index (χ1v) is 9.39. The van der Waals surface area contributed by atoms with Crippen LogP contribution in [0.15, 0.2) is 18.2 Å². The van der Waals surface area contributed by atoms with Gasteiger partial charge in [-0.05, 0) is 25.5 Å². The van der Waals surface area contributed by atoms with Crippen LogP contribution in [0.5, 0.6) is 0 Å². The van der Waals surface area contributed by atoms with Crippen molar-refractivity contribution in [2.75, 3.05) is 37.1 Å². The number of anilines is 1. The molecule has 1 aliphatic heterocycles. The predicted octanol–water partition coefficient (Wildman–Crippen LogP) is -0.00938. The Morgan fingerprint density at radius 2 is 2.17 bits per heavy atom.